The van der Waals surface area contributed by atoms with E-state index >= 15 is 0 Å². The fourth-order valence-corrected chi connectivity index (χ4v) is 3.67. The van der Waals surface area contributed by atoms with Crippen molar-refractivity contribution in [2.45, 2.75) is 39.7 Å². The van der Waals surface area contributed by atoms with E-state index in [9.17, 15) is 4.79 Å². The second kappa shape index (κ2) is 5.98. The van der Waals surface area contributed by atoms with Crippen LogP contribution in [0.4, 0.5) is 0 Å². The SMILES string of the molecule is Cc1cc(C)n([C@H]2CCCN(C(=O)c3ccc4nnc(C)n4c3)C2)n1. The molecule has 0 saturated carbocycles. The van der Waals surface area contributed by atoms with Crippen LogP contribution in [0.2, 0.25) is 0 Å². The first-order valence-electron chi connectivity index (χ1n) is 8.66. The molecule has 0 N–H and O–H groups in total. The van der Waals surface area contributed by atoms with E-state index in [2.05, 4.69) is 33.0 Å². The van der Waals surface area contributed by atoms with Crippen LogP contribution < -0.4 is 0 Å². The number of pyridine rings is 1. The molecule has 1 saturated heterocycles. The predicted octanol–water partition coefficient (Wildman–Crippen LogP) is 2.33. The second-order valence-electron chi connectivity index (χ2n) is 6.81. The maximum atomic E-state index is 13.0. The van der Waals surface area contributed by atoms with Gasteiger partial charge in [0.15, 0.2) is 5.65 Å². The number of aryl methyl sites for hydroxylation is 3. The Morgan fingerprint density at radius 2 is 2.04 bits per heavy atom. The van der Waals surface area contributed by atoms with Crippen molar-refractivity contribution < 1.29 is 4.79 Å². The van der Waals surface area contributed by atoms with Crippen LogP contribution in [0.5, 0.6) is 0 Å². The number of rotatable bonds is 2. The topological polar surface area (TPSA) is 68.3 Å². The molecule has 0 unspecified atom stereocenters. The van der Waals surface area contributed by atoms with E-state index in [0.717, 1.165) is 42.2 Å². The average molecular weight is 338 g/mol. The van der Waals surface area contributed by atoms with Crippen LogP contribution in [-0.2, 0) is 0 Å². The number of carbonyl (C=O) groups excluding carboxylic acids is 1. The molecular formula is C18H22N6O. The van der Waals surface area contributed by atoms with Crippen molar-refractivity contribution >= 4 is 11.6 Å². The van der Waals surface area contributed by atoms with E-state index in [4.69, 9.17) is 0 Å². The molecule has 0 aliphatic carbocycles. The summed E-state index contributed by atoms with van der Waals surface area (Å²) >= 11 is 0. The molecule has 0 bridgehead atoms. The highest BCUT2D eigenvalue weighted by Crippen LogP contribution is 2.24. The zero-order valence-electron chi connectivity index (χ0n) is 14.8. The quantitative estimate of drug-likeness (QED) is 0.719. The van der Waals surface area contributed by atoms with Crippen molar-refractivity contribution in [2.75, 3.05) is 13.1 Å². The number of aromatic nitrogens is 5. The number of carbonyl (C=O) groups is 1. The highest BCUT2D eigenvalue weighted by molar-refractivity contribution is 5.94. The van der Waals surface area contributed by atoms with E-state index in [0.29, 0.717) is 12.1 Å². The summed E-state index contributed by atoms with van der Waals surface area (Å²) in [5.74, 6) is 0.838. The number of amides is 1. The third-order valence-corrected chi connectivity index (χ3v) is 4.89. The maximum Gasteiger partial charge on any atom is 0.255 e. The lowest BCUT2D eigenvalue weighted by Crippen LogP contribution is -2.41. The van der Waals surface area contributed by atoms with Gasteiger partial charge in [-0.2, -0.15) is 5.10 Å². The number of hydrogen-bond acceptors (Lipinski definition) is 4. The Balaban J connectivity index is 1.58. The molecule has 1 aliphatic rings. The van der Waals surface area contributed by atoms with Gasteiger partial charge < -0.3 is 4.90 Å². The Bertz CT molecular complexity index is 940. The molecule has 130 valence electrons. The minimum atomic E-state index is 0.0567. The van der Waals surface area contributed by atoms with Gasteiger partial charge in [-0.25, -0.2) is 0 Å². The van der Waals surface area contributed by atoms with Crippen LogP contribution >= 0.6 is 0 Å². The molecular weight excluding hydrogens is 316 g/mol. The smallest absolute Gasteiger partial charge is 0.255 e. The van der Waals surface area contributed by atoms with Crippen molar-refractivity contribution in [1.82, 2.24) is 29.3 Å². The number of piperidine rings is 1. The zero-order chi connectivity index (χ0) is 17.6. The largest absolute Gasteiger partial charge is 0.336 e. The third kappa shape index (κ3) is 2.79. The molecule has 0 spiro atoms. The standard InChI is InChI=1S/C18H22N6O/c1-12-9-13(2)24(21-12)16-5-4-8-22(11-16)18(25)15-6-7-17-20-19-14(3)23(17)10-15/h6-7,9-10,16H,4-5,8,11H2,1-3H3/t16-/m0/s1. The number of hydrogen-bond donors (Lipinski definition) is 0. The average Bonchev–Trinajstić information content (AvgIpc) is 3.16. The van der Waals surface area contributed by atoms with Gasteiger partial charge >= 0.3 is 0 Å². The van der Waals surface area contributed by atoms with Gasteiger partial charge in [0.25, 0.3) is 5.91 Å². The molecule has 3 aromatic rings. The van der Waals surface area contributed by atoms with Crippen molar-refractivity contribution in [3.05, 3.63) is 47.2 Å². The molecule has 3 aromatic heterocycles. The summed E-state index contributed by atoms with van der Waals surface area (Å²) in [6.07, 6.45) is 3.87. The van der Waals surface area contributed by atoms with Gasteiger partial charge in [-0.05, 0) is 51.8 Å². The van der Waals surface area contributed by atoms with Crippen molar-refractivity contribution in [1.29, 1.82) is 0 Å². The Morgan fingerprint density at radius 3 is 2.80 bits per heavy atom. The second-order valence-corrected chi connectivity index (χ2v) is 6.81. The number of fused-ring (bicyclic) bond motifs is 1. The van der Waals surface area contributed by atoms with Crippen LogP contribution in [0.1, 0.15) is 46.5 Å². The van der Waals surface area contributed by atoms with Gasteiger partial charge in [-0.1, -0.05) is 0 Å². The van der Waals surface area contributed by atoms with Crippen LogP contribution in [0.25, 0.3) is 5.65 Å². The van der Waals surface area contributed by atoms with Crippen LogP contribution in [0.15, 0.2) is 24.4 Å². The fourth-order valence-electron chi connectivity index (χ4n) is 3.67. The van der Waals surface area contributed by atoms with E-state index in [1.54, 1.807) is 0 Å². The van der Waals surface area contributed by atoms with Crippen molar-refractivity contribution in [3.63, 3.8) is 0 Å². The molecule has 7 heteroatoms. The van der Waals surface area contributed by atoms with Gasteiger partial charge in [0, 0.05) is 25.0 Å². The minimum Gasteiger partial charge on any atom is -0.336 e. The predicted molar refractivity (Wildman–Crippen MR) is 93.6 cm³/mol. The van der Waals surface area contributed by atoms with Gasteiger partial charge in [0.2, 0.25) is 0 Å². The molecule has 1 amide bonds. The molecule has 7 nitrogen and oxygen atoms in total. The number of nitrogens with zero attached hydrogens (tertiary/aromatic N) is 6. The van der Waals surface area contributed by atoms with Crippen LogP contribution in [0.3, 0.4) is 0 Å². The first-order valence-corrected chi connectivity index (χ1v) is 8.66. The van der Waals surface area contributed by atoms with Gasteiger partial charge in [0.05, 0.1) is 17.3 Å². The van der Waals surface area contributed by atoms with E-state index < -0.39 is 0 Å². The van der Waals surface area contributed by atoms with E-state index in [-0.39, 0.29) is 11.9 Å². The molecule has 1 atom stereocenters. The first kappa shape index (κ1) is 15.8. The maximum absolute atomic E-state index is 13.0. The summed E-state index contributed by atoms with van der Waals surface area (Å²) in [6.45, 7) is 7.44. The summed E-state index contributed by atoms with van der Waals surface area (Å²) < 4.78 is 3.93. The highest BCUT2D eigenvalue weighted by Gasteiger charge is 2.27. The molecule has 1 fully saturated rings. The minimum absolute atomic E-state index is 0.0567. The Morgan fingerprint density at radius 1 is 1.20 bits per heavy atom. The van der Waals surface area contributed by atoms with Crippen LogP contribution in [0, 0.1) is 20.8 Å². The highest BCUT2D eigenvalue weighted by atomic mass is 16.2. The third-order valence-electron chi connectivity index (χ3n) is 4.89. The lowest BCUT2D eigenvalue weighted by atomic mass is 10.0. The van der Waals surface area contributed by atoms with E-state index in [1.807, 2.05) is 41.5 Å². The summed E-state index contributed by atoms with van der Waals surface area (Å²) in [4.78, 5) is 14.9. The molecule has 1 aliphatic heterocycles. The summed E-state index contributed by atoms with van der Waals surface area (Å²) in [7, 11) is 0. The summed E-state index contributed by atoms with van der Waals surface area (Å²) in [5, 5.41) is 12.7. The van der Waals surface area contributed by atoms with Crippen molar-refractivity contribution in [2.24, 2.45) is 0 Å². The Hall–Kier alpha value is -2.70. The van der Waals surface area contributed by atoms with Crippen molar-refractivity contribution in [3.8, 4) is 0 Å². The number of likely N-dealkylation sites (tertiary alicyclic amines) is 1. The van der Waals surface area contributed by atoms with E-state index in [1.165, 1.54) is 0 Å². The Labute approximate surface area is 146 Å². The monoisotopic (exact) mass is 338 g/mol. The zero-order valence-corrected chi connectivity index (χ0v) is 14.8. The summed E-state index contributed by atoms with van der Waals surface area (Å²) in [5.41, 5.74) is 3.60. The van der Waals surface area contributed by atoms with Gasteiger partial charge in [-0.15, -0.1) is 10.2 Å². The molecule has 25 heavy (non-hydrogen) atoms. The molecule has 4 heterocycles. The lowest BCUT2D eigenvalue weighted by molar-refractivity contribution is 0.0671. The van der Waals surface area contributed by atoms with Crippen LogP contribution in [-0.4, -0.2) is 48.3 Å². The lowest BCUT2D eigenvalue weighted by Gasteiger charge is -2.33. The molecule has 0 aromatic carbocycles. The Kier molecular flexibility index (Phi) is 3.78. The van der Waals surface area contributed by atoms with Gasteiger partial charge in [0.1, 0.15) is 5.82 Å². The normalized spacial score (nSPS) is 18.0. The van der Waals surface area contributed by atoms with Gasteiger partial charge in [-0.3, -0.25) is 13.9 Å². The molecule has 4 rings (SSSR count). The molecule has 0 radical (unpaired) electrons. The first-order chi connectivity index (χ1) is 12.0. The summed E-state index contributed by atoms with van der Waals surface area (Å²) in [6, 6.07) is 6.00. The fraction of sp³-hybridized carbons (Fsp3) is 0.444.